The maximum atomic E-state index is 13.0. The quantitative estimate of drug-likeness (QED) is 0.853. The van der Waals surface area contributed by atoms with Gasteiger partial charge in [0.2, 0.25) is 0 Å². The van der Waals surface area contributed by atoms with Crippen LogP contribution in [-0.4, -0.2) is 57.7 Å². The average Bonchev–Trinajstić information content (AvgIpc) is 3.37. The number of nitrogens with zero attached hydrogens (tertiary/aromatic N) is 2. The summed E-state index contributed by atoms with van der Waals surface area (Å²) in [5.74, 6) is 0.0229. The van der Waals surface area contributed by atoms with Gasteiger partial charge in [0.05, 0.1) is 5.52 Å². The van der Waals surface area contributed by atoms with Crippen molar-refractivity contribution in [3.05, 3.63) is 30.0 Å². The number of H-pyrrole nitrogens is 1. The summed E-state index contributed by atoms with van der Waals surface area (Å²) in [5.41, 5.74) is 1.31. The van der Waals surface area contributed by atoms with Crippen molar-refractivity contribution in [2.75, 3.05) is 6.61 Å². The van der Waals surface area contributed by atoms with Gasteiger partial charge in [-0.05, 0) is 51.0 Å². The van der Waals surface area contributed by atoms with Gasteiger partial charge in [-0.2, -0.15) is 5.10 Å². The van der Waals surface area contributed by atoms with Gasteiger partial charge < -0.3 is 15.0 Å². The number of aromatic amines is 1. The first-order chi connectivity index (χ1) is 13.7. The SMILES string of the molecule is O=C(NC1C[C@H]2CCC[C@@H](C1)N2C(=O)[C@H]1CCCO1)c1n[nH]c2ccccc12. The lowest BCUT2D eigenvalue weighted by Crippen LogP contribution is -2.60. The fourth-order valence-corrected chi connectivity index (χ4v) is 5.19. The Balaban J connectivity index is 1.29. The van der Waals surface area contributed by atoms with Crippen LogP contribution in [0.25, 0.3) is 10.9 Å². The van der Waals surface area contributed by atoms with Gasteiger partial charge >= 0.3 is 0 Å². The first-order valence-electron chi connectivity index (χ1n) is 10.4. The zero-order valence-electron chi connectivity index (χ0n) is 15.9. The monoisotopic (exact) mass is 382 g/mol. The third-order valence-electron chi connectivity index (χ3n) is 6.45. The highest BCUT2D eigenvalue weighted by molar-refractivity contribution is 6.04. The Kier molecular flexibility index (Phi) is 4.55. The number of hydrogen-bond donors (Lipinski definition) is 2. The fraction of sp³-hybridized carbons (Fsp3) is 0.571. The van der Waals surface area contributed by atoms with Crippen molar-refractivity contribution in [2.45, 2.75) is 69.2 Å². The number of benzene rings is 1. The van der Waals surface area contributed by atoms with Crippen molar-refractivity contribution in [3.63, 3.8) is 0 Å². The van der Waals surface area contributed by atoms with Crippen LogP contribution in [-0.2, 0) is 9.53 Å². The molecule has 3 fully saturated rings. The number of aromatic nitrogens is 2. The minimum absolute atomic E-state index is 0.0757. The Hall–Kier alpha value is -2.41. The molecule has 1 aromatic carbocycles. The van der Waals surface area contributed by atoms with Crippen LogP contribution >= 0.6 is 0 Å². The second-order valence-corrected chi connectivity index (χ2v) is 8.25. The van der Waals surface area contributed by atoms with Crippen LogP contribution in [0.5, 0.6) is 0 Å². The molecule has 7 heteroatoms. The summed E-state index contributed by atoms with van der Waals surface area (Å²) in [7, 11) is 0. The fourth-order valence-electron chi connectivity index (χ4n) is 5.19. The van der Waals surface area contributed by atoms with Crippen LogP contribution in [0.15, 0.2) is 24.3 Å². The number of ether oxygens (including phenoxy) is 1. The predicted molar refractivity (Wildman–Crippen MR) is 104 cm³/mol. The van der Waals surface area contributed by atoms with E-state index in [-0.39, 0.29) is 36.0 Å². The van der Waals surface area contributed by atoms with Crippen LogP contribution in [0.4, 0.5) is 0 Å². The Morgan fingerprint density at radius 1 is 1.11 bits per heavy atom. The second kappa shape index (κ2) is 7.20. The van der Waals surface area contributed by atoms with Crippen molar-refractivity contribution in [2.24, 2.45) is 0 Å². The van der Waals surface area contributed by atoms with E-state index in [2.05, 4.69) is 20.4 Å². The first-order valence-corrected chi connectivity index (χ1v) is 10.4. The number of hydrogen-bond acceptors (Lipinski definition) is 4. The van der Waals surface area contributed by atoms with Gasteiger partial charge in [0.1, 0.15) is 6.10 Å². The van der Waals surface area contributed by atoms with Crippen LogP contribution < -0.4 is 5.32 Å². The molecule has 2 amide bonds. The highest BCUT2D eigenvalue weighted by Gasteiger charge is 2.43. The maximum absolute atomic E-state index is 13.0. The molecule has 1 unspecified atom stereocenters. The molecule has 4 heterocycles. The second-order valence-electron chi connectivity index (χ2n) is 8.25. The molecule has 28 heavy (non-hydrogen) atoms. The predicted octanol–water partition coefficient (Wildman–Crippen LogP) is 2.38. The third kappa shape index (κ3) is 3.07. The molecule has 0 spiro atoms. The van der Waals surface area contributed by atoms with E-state index in [1.54, 1.807) is 0 Å². The third-order valence-corrected chi connectivity index (χ3v) is 6.45. The van der Waals surface area contributed by atoms with E-state index in [0.29, 0.717) is 12.3 Å². The van der Waals surface area contributed by atoms with E-state index in [4.69, 9.17) is 4.74 Å². The summed E-state index contributed by atoms with van der Waals surface area (Å²) < 4.78 is 5.64. The van der Waals surface area contributed by atoms with E-state index >= 15 is 0 Å². The summed E-state index contributed by atoms with van der Waals surface area (Å²) in [6.45, 7) is 0.690. The molecule has 3 saturated heterocycles. The smallest absolute Gasteiger partial charge is 0.272 e. The molecule has 2 aromatic rings. The minimum atomic E-state index is -0.260. The van der Waals surface area contributed by atoms with E-state index in [1.807, 2.05) is 24.3 Å². The molecule has 2 N–H and O–H groups in total. The zero-order valence-corrected chi connectivity index (χ0v) is 15.9. The van der Waals surface area contributed by atoms with Gasteiger partial charge in [-0.15, -0.1) is 0 Å². The zero-order chi connectivity index (χ0) is 19.1. The van der Waals surface area contributed by atoms with Gasteiger partial charge in [-0.25, -0.2) is 0 Å². The largest absolute Gasteiger partial charge is 0.368 e. The topological polar surface area (TPSA) is 87.3 Å². The molecular weight excluding hydrogens is 356 g/mol. The van der Waals surface area contributed by atoms with Crippen LogP contribution in [0.2, 0.25) is 0 Å². The number of carbonyl (C=O) groups excluding carboxylic acids is 2. The molecule has 148 valence electrons. The number of para-hydroxylation sites is 1. The molecular formula is C21H26N4O3. The summed E-state index contributed by atoms with van der Waals surface area (Å²) in [4.78, 5) is 27.9. The van der Waals surface area contributed by atoms with Crippen molar-refractivity contribution < 1.29 is 14.3 Å². The van der Waals surface area contributed by atoms with Crippen molar-refractivity contribution >= 4 is 22.7 Å². The molecule has 3 aliphatic rings. The molecule has 3 aliphatic heterocycles. The van der Waals surface area contributed by atoms with E-state index in [0.717, 1.165) is 55.8 Å². The van der Waals surface area contributed by atoms with Crippen LogP contribution in [0.3, 0.4) is 0 Å². The summed E-state index contributed by atoms with van der Waals surface area (Å²) in [5, 5.41) is 11.2. The summed E-state index contributed by atoms with van der Waals surface area (Å²) in [6, 6.07) is 8.13. The molecule has 5 rings (SSSR count). The number of amides is 2. The maximum Gasteiger partial charge on any atom is 0.272 e. The normalized spacial score (nSPS) is 29.8. The van der Waals surface area contributed by atoms with Crippen LogP contribution in [0.1, 0.15) is 55.4 Å². The Morgan fingerprint density at radius 3 is 2.64 bits per heavy atom. The summed E-state index contributed by atoms with van der Waals surface area (Å²) >= 11 is 0. The van der Waals surface area contributed by atoms with Gasteiger partial charge in [0.15, 0.2) is 5.69 Å². The van der Waals surface area contributed by atoms with Crippen molar-refractivity contribution in [1.29, 1.82) is 0 Å². The molecule has 0 aliphatic carbocycles. The lowest BCUT2D eigenvalue weighted by atomic mass is 9.81. The Morgan fingerprint density at radius 2 is 1.89 bits per heavy atom. The van der Waals surface area contributed by atoms with Gasteiger partial charge in [-0.3, -0.25) is 14.7 Å². The highest BCUT2D eigenvalue weighted by Crippen LogP contribution is 2.35. The number of piperidine rings is 2. The van der Waals surface area contributed by atoms with E-state index in [1.165, 1.54) is 0 Å². The minimum Gasteiger partial charge on any atom is -0.368 e. The Labute approximate surface area is 163 Å². The molecule has 7 nitrogen and oxygen atoms in total. The molecule has 0 radical (unpaired) electrons. The van der Waals surface area contributed by atoms with Crippen molar-refractivity contribution in [3.8, 4) is 0 Å². The van der Waals surface area contributed by atoms with Gasteiger partial charge in [-0.1, -0.05) is 18.2 Å². The standard InChI is InChI=1S/C21H26N4O3/c26-20(19-16-7-1-2-8-17(16)23-24-19)22-13-11-14-5-3-6-15(12-13)25(14)21(27)18-9-4-10-28-18/h1-2,7-8,13-15,18H,3-6,9-12H2,(H,22,26)(H,23,24)/t13?,14-,15+,18-/m1/s1. The molecule has 4 atom stereocenters. The number of fused-ring (bicyclic) bond motifs is 3. The number of nitrogens with one attached hydrogen (secondary N) is 2. The lowest BCUT2D eigenvalue weighted by Gasteiger charge is -2.49. The van der Waals surface area contributed by atoms with Crippen LogP contribution in [0, 0.1) is 0 Å². The molecule has 2 bridgehead atoms. The summed E-state index contributed by atoms with van der Waals surface area (Å²) in [6.07, 6.45) is 6.32. The van der Waals surface area contributed by atoms with Gasteiger partial charge in [0.25, 0.3) is 11.8 Å². The number of carbonyl (C=O) groups is 2. The lowest BCUT2D eigenvalue weighted by molar-refractivity contribution is -0.151. The molecule has 0 saturated carbocycles. The van der Waals surface area contributed by atoms with E-state index in [9.17, 15) is 9.59 Å². The van der Waals surface area contributed by atoms with E-state index < -0.39 is 0 Å². The highest BCUT2D eigenvalue weighted by atomic mass is 16.5. The van der Waals surface area contributed by atoms with Crippen molar-refractivity contribution in [1.82, 2.24) is 20.4 Å². The van der Waals surface area contributed by atoms with Gasteiger partial charge in [0, 0.05) is 30.1 Å². The first kappa shape index (κ1) is 17.7. The average molecular weight is 382 g/mol. The molecule has 1 aromatic heterocycles. The Bertz CT molecular complexity index is 875. The number of rotatable bonds is 3.